The normalized spacial score (nSPS) is 16.9. The van der Waals surface area contributed by atoms with Crippen LogP contribution in [0.2, 0.25) is 0 Å². The minimum Gasteiger partial charge on any atom is -0.378 e. The molecule has 0 saturated carbocycles. The van der Waals surface area contributed by atoms with Crippen LogP contribution >= 0.6 is 12.4 Å². The molecule has 1 heterocycles. The number of aryl methyl sites for hydroxylation is 1. The van der Waals surface area contributed by atoms with Gasteiger partial charge in [-0.2, -0.15) is 0 Å². The smallest absolute Gasteiger partial charge is 0.214 e. The first kappa shape index (κ1) is 20.4. The number of halogens is 1. The largest absolute Gasteiger partial charge is 0.378 e. The van der Waals surface area contributed by atoms with Gasteiger partial charge in [0, 0.05) is 19.7 Å². The van der Waals surface area contributed by atoms with E-state index >= 15 is 0 Å². The highest BCUT2D eigenvalue weighted by molar-refractivity contribution is 7.89. The summed E-state index contributed by atoms with van der Waals surface area (Å²) >= 11 is 0. The second kappa shape index (κ2) is 10.3. The molecule has 132 valence electrons. The average Bonchev–Trinajstić information content (AvgIpc) is 2.55. The molecule has 2 rings (SSSR count). The molecule has 23 heavy (non-hydrogen) atoms. The van der Waals surface area contributed by atoms with Crippen LogP contribution in [0.25, 0.3) is 0 Å². The zero-order valence-corrected chi connectivity index (χ0v) is 15.0. The lowest BCUT2D eigenvalue weighted by atomic mass is 10.1. The third-order valence-corrected chi connectivity index (χ3v) is 5.86. The van der Waals surface area contributed by atoms with Gasteiger partial charge in [-0.3, -0.25) is 0 Å². The van der Waals surface area contributed by atoms with Crippen LogP contribution in [0.15, 0.2) is 30.3 Å². The number of ether oxygens (including phenoxy) is 1. The third kappa shape index (κ3) is 6.77. The van der Waals surface area contributed by atoms with E-state index in [1.54, 1.807) is 4.31 Å². The summed E-state index contributed by atoms with van der Waals surface area (Å²) in [5.74, 6) is 0.176. The minimum absolute atomic E-state index is 0. The van der Waals surface area contributed by atoms with Gasteiger partial charge in [-0.05, 0) is 37.8 Å². The van der Waals surface area contributed by atoms with E-state index in [0.717, 1.165) is 24.8 Å². The molecule has 0 aromatic heterocycles. The molecule has 7 heteroatoms. The fraction of sp³-hybridized carbons (Fsp3) is 0.625. The maximum atomic E-state index is 12.4. The topological polar surface area (TPSA) is 72.6 Å². The molecule has 0 spiro atoms. The zero-order valence-electron chi connectivity index (χ0n) is 13.4. The predicted octanol–water partition coefficient (Wildman–Crippen LogP) is 1.81. The summed E-state index contributed by atoms with van der Waals surface area (Å²) < 4.78 is 32.1. The van der Waals surface area contributed by atoms with Crippen LogP contribution in [-0.4, -0.2) is 50.8 Å². The standard InChI is InChI=1S/C16H26N2O3S.ClH/c17-10-4-13-21-16-7-11-18(12-8-16)22(19,20)14-9-15-5-2-1-3-6-15;/h1-3,5-6,16H,4,7-14,17H2;1H. The highest BCUT2D eigenvalue weighted by Gasteiger charge is 2.27. The molecule has 1 aliphatic rings. The molecule has 0 radical (unpaired) electrons. The zero-order chi connectivity index (χ0) is 15.8. The average molecular weight is 363 g/mol. The second-order valence-electron chi connectivity index (χ2n) is 5.66. The van der Waals surface area contributed by atoms with Gasteiger partial charge >= 0.3 is 0 Å². The molecule has 5 nitrogen and oxygen atoms in total. The van der Waals surface area contributed by atoms with Crippen molar-refractivity contribution < 1.29 is 13.2 Å². The first-order chi connectivity index (χ1) is 10.6. The van der Waals surface area contributed by atoms with Crippen LogP contribution in [0.5, 0.6) is 0 Å². The van der Waals surface area contributed by atoms with E-state index in [1.807, 2.05) is 30.3 Å². The van der Waals surface area contributed by atoms with Crippen molar-refractivity contribution in [2.24, 2.45) is 5.73 Å². The summed E-state index contributed by atoms with van der Waals surface area (Å²) in [6.45, 7) is 2.42. The molecular formula is C16H27ClN2O3S. The Bertz CT molecular complexity index is 532. The Morgan fingerprint density at radius 3 is 2.43 bits per heavy atom. The van der Waals surface area contributed by atoms with E-state index in [0.29, 0.717) is 32.7 Å². The highest BCUT2D eigenvalue weighted by Crippen LogP contribution is 2.18. The molecule has 0 aliphatic carbocycles. The summed E-state index contributed by atoms with van der Waals surface area (Å²) in [4.78, 5) is 0. The molecule has 1 aromatic carbocycles. The van der Waals surface area contributed by atoms with Gasteiger partial charge in [0.15, 0.2) is 0 Å². The van der Waals surface area contributed by atoms with Gasteiger partial charge in [-0.15, -0.1) is 12.4 Å². The van der Waals surface area contributed by atoms with Crippen molar-refractivity contribution in [3.63, 3.8) is 0 Å². The van der Waals surface area contributed by atoms with E-state index < -0.39 is 10.0 Å². The van der Waals surface area contributed by atoms with Gasteiger partial charge in [0.05, 0.1) is 11.9 Å². The van der Waals surface area contributed by atoms with Gasteiger partial charge in [-0.25, -0.2) is 12.7 Å². The van der Waals surface area contributed by atoms with E-state index in [2.05, 4.69) is 0 Å². The van der Waals surface area contributed by atoms with E-state index in [4.69, 9.17) is 10.5 Å². The van der Waals surface area contributed by atoms with Crippen LogP contribution in [-0.2, 0) is 21.2 Å². The summed E-state index contributed by atoms with van der Waals surface area (Å²) in [7, 11) is -3.17. The Hall–Kier alpha value is -0.660. The molecular weight excluding hydrogens is 336 g/mol. The van der Waals surface area contributed by atoms with Crippen molar-refractivity contribution in [1.29, 1.82) is 0 Å². The van der Waals surface area contributed by atoms with Crippen LogP contribution in [0.3, 0.4) is 0 Å². The van der Waals surface area contributed by atoms with Gasteiger partial charge in [-0.1, -0.05) is 30.3 Å². The molecule has 0 unspecified atom stereocenters. The predicted molar refractivity (Wildman–Crippen MR) is 95.4 cm³/mol. The minimum atomic E-state index is -3.17. The Kier molecular flexibility index (Phi) is 9.09. The molecule has 0 atom stereocenters. The SMILES string of the molecule is Cl.NCCCOC1CCN(S(=O)(=O)CCc2ccccc2)CC1. The summed E-state index contributed by atoms with van der Waals surface area (Å²) in [6, 6.07) is 9.74. The number of nitrogens with two attached hydrogens (primary N) is 1. The highest BCUT2D eigenvalue weighted by atomic mass is 35.5. The fourth-order valence-corrected chi connectivity index (χ4v) is 4.15. The number of benzene rings is 1. The molecule has 1 aromatic rings. The number of rotatable bonds is 8. The first-order valence-corrected chi connectivity index (χ1v) is 9.56. The lowest BCUT2D eigenvalue weighted by Crippen LogP contribution is -2.42. The lowest BCUT2D eigenvalue weighted by molar-refractivity contribution is 0.0209. The van der Waals surface area contributed by atoms with Crippen LogP contribution in [0, 0.1) is 0 Å². The molecule has 0 bridgehead atoms. The number of nitrogens with zero attached hydrogens (tertiary/aromatic N) is 1. The van der Waals surface area contributed by atoms with Crippen LogP contribution < -0.4 is 5.73 Å². The Morgan fingerprint density at radius 2 is 1.83 bits per heavy atom. The summed E-state index contributed by atoms with van der Waals surface area (Å²) in [5, 5.41) is 0. The van der Waals surface area contributed by atoms with Gasteiger partial charge in [0.2, 0.25) is 10.0 Å². The van der Waals surface area contributed by atoms with Crippen molar-refractivity contribution in [3.05, 3.63) is 35.9 Å². The lowest BCUT2D eigenvalue weighted by Gasteiger charge is -2.31. The Labute approximate surface area is 145 Å². The molecule has 0 amide bonds. The van der Waals surface area contributed by atoms with Gasteiger partial charge in [0.1, 0.15) is 0 Å². The number of sulfonamides is 1. The fourth-order valence-electron chi connectivity index (χ4n) is 2.63. The van der Waals surface area contributed by atoms with Crippen molar-refractivity contribution in [3.8, 4) is 0 Å². The maximum Gasteiger partial charge on any atom is 0.214 e. The Balaban J connectivity index is 0.00000264. The molecule has 1 aliphatic heterocycles. The van der Waals surface area contributed by atoms with E-state index in [-0.39, 0.29) is 24.3 Å². The van der Waals surface area contributed by atoms with Crippen LogP contribution in [0.4, 0.5) is 0 Å². The summed E-state index contributed by atoms with van der Waals surface area (Å²) in [5.41, 5.74) is 6.50. The molecule has 1 fully saturated rings. The van der Waals surface area contributed by atoms with Crippen molar-refractivity contribution in [1.82, 2.24) is 4.31 Å². The molecule has 1 saturated heterocycles. The Morgan fingerprint density at radius 1 is 1.17 bits per heavy atom. The van der Waals surface area contributed by atoms with Crippen molar-refractivity contribution in [2.75, 3.05) is 32.0 Å². The van der Waals surface area contributed by atoms with Gasteiger partial charge in [0.25, 0.3) is 0 Å². The van der Waals surface area contributed by atoms with Gasteiger partial charge < -0.3 is 10.5 Å². The maximum absolute atomic E-state index is 12.4. The monoisotopic (exact) mass is 362 g/mol. The summed E-state index contributed by atoms with van der Waals surface area (Å²) in [6.07, 6.45) is 3.14. The first-order valence-electron chi connectivity index (χ1n) is 7.95. The van der Waals surface area contributed by atoms with E-state index in [1.165, 1.54) is 0 Å². The number of hydrogen-bond acceptors (Lipinski definition) is 4. The van der Waals surface area contributed by atoms with E-state index in [9.17, 15) is 8.42 Å². The van der Waals surface area contributed by atoms with Crippen LogP contribution in [0.1, 0.15) is 24.8 Å². The third-order valence-electron chi connectivity index (χ3n) is 3.99. The van der Waals surface area contributed by atoms with Crippen molar-refractivity contribution in [2.45, 2.75) is 31.8 Å². The quantitative estimate of drug-likeness (QED) is 0.716. The number of piperidine rings is 1. The number of hydrogen-bond donors (Lipinski definition) is 1. The second-order valence-corrected chi connectivity index (χ2v) is 7.75. The van der Waals surface area contributed by atoms with Crippen molar-refractivity contribution >= 4 is 22.4 Å². The molecule has 2 N–H and O–H groups in total.